The van der Waals surface area contributed by atoms with Crippen molar-refractivity contribution >= 4 is 11.9 Å². The van der Waals surface area contributed by atoms with E-state index in [0.717, 1.165) is 5.56 Å². The Hall–Kier alpha value is -2.37. The number of hydrogen-bond donors (Lipinski definition) is 2. The van der Waals surface area contributed by atoms with E-state index in [9.17, 15) is 4.79 Å². The molecule has 0 atom stereocenters. The van der Waals surface area contributed by atoms with Crippen molar-refractivity contribution in [2.75, 3.05) is 11.9 Å². The van der Waals surface area contributed by atoms with Gasteiger partial charge in [0.2, 0.25) is 5.95 Å². The topological polar surface area (TPSA) is 79.9 Å². The van der Waals surface area contributed by atoms with Gasteiger partial charge in [0.25, 0.3) is 5.91 Å². The van der Waals surface area contributed by atoms with Crippen LogP contribution in [-0.2, 0) is 0 Å². The first-order valence-corrected chi connectivity index (χ1v) is 5.63. The standard InChI is InChI=1S/C12H14N4O2/c1-3-18-12-14-11(15-16-12)13-10(17)9-7-5-4-6-8(9)2/h4-7H,3H2,1-2H3,(H2,13,14,15,16,17). The van der Waals surface area contributed by atoms with Gasteiger partial charge in [-0.05, 0) is 25.5 Å². The van der Waals surface area contributed by atoms with Crippen LogP contribution < -0.4 is 10.1 Å². The number of ether oxygens (including phenoxy) is 1. The van der Waals surface area contributed by atoms with E-state index in [1.807, 2.05) is 32.0 Å². The number of H-pyrrole nitrogens is 1. The summed E-state index contributed by atoms with van der Waals surface area (Å²) in [6.07, 6.45) is 0. The molecule has 0 unspecified atom stereocenters. The Morgan fingerprint density at radius 1 is 1.44 bits per heavy atom. The van der Waals surface area contributed by atoms with E-state index in [2.05, 4.69) is 20.5 Å². The number of nitrogens with one attached hydrogen (secondary N) is 2. The average Bonchev–Trinajstić information content (AvgIpc) is 2.77. The molecule has 1 amide bonds. The van der Waals surface area contributed by atoms with Gasteiger partial charge in [-0.25, -0.2) is 5.10 Å². The molecule has 0 spiro atoms. The van der Waals surface area contributed by atoms with Crippen molar-refractivity contribution in [1.29, 1.82) is 0 Å². The summed E-state index contributed by atoms with van der Waals surface area (Å²) in [5.74, 6) is 0.0407. The van der Waals surface area contributed by atoms with Crippen molar-refractivity contribution in [3.05, 3.63) is 35.4 Å². The number of hydrogen-bond acceptors (Lipinski definition) is 4. The molecule has 2 aromatic rings. The van der Waals surface area contributed by atoms with Gasteiger partial charge < -0.3 is 4.74 Å². The Labute approximate surface area is 104 Å². The molecule has 0 saturated carbocycles. The molecule has 2 rings (SSSR count). The lowest BCUT2D eigenvalue weighted by Gasteiger charge is -2.04. The van der Waals surface area contributed by atoms with Crippen LogP contribution in [0.2, 0.25) is 0 Å². The number of anilines is 1. The Morgan fingerprint density at radius 3 is 2.94 bits per heavy atom. The average molecular weight is 246 g/mol. The fourth-order valence-electron chi connectivity index (χ4n) is 1.50. The highest BCUT2D eigenvalue weighted by Gasteiger charge is 2.11. The van der Waals surface area contributed by atoms with Gasteiger partial charge in [-0.15, -0.1) is 5.10 Å². The number of carbonyl (C=O) groups is 1. The first-order chi connectivity index (χ1) is 8.70. The zero-order valence-electron chi connectivity index (χ0n) is 10.2. The molecule has 0 fully saturated rings. The second-order valence-electron chi connectivity index (χ2n) is 3.67. The van der Waals surface area contributed by atoms with Gasteiger partial charge in [0.05, 0.1) is 6.61 Å². The van der Waals surface area contributed by atoms with E-state index < -0.39 is 0 Å². The molecule has 94 valence electrons. The third-order valence-electron chi connectivity index (χ3n) is 2.36. The smallest absolute Gasteiger partial charge is 0.337 e. The normalized spacial score (nSPS) is 10.1. The van der Waals surface area contributed by atoms with E-state index in [-0.39, 0.29) is 17.9 Å². The highest BCUT2D eigenvalue weighted by molar-refractivity contribution is 6.04. The first kappa shape index (κ1) is 12.1. The van der Waals surface area contributed by atoms with E-state index >= 15 is 0 Å². The molecule has 0 radical (unpaired) electrons. The molecule has 1 aromatic heterocycles. The monoisotopic (exact) mass is 246 g/mol. The molecule has 0 bridgehead atoms. The van der Waals surface area contributed by atoms with Gasteiger partial charge in [-0.2, -0.15) is 4.98 Å². The Balaban J connectivity index is 2.09. The van der Waals surface area contributed by atoms with Crippen LogP contribution in [0.4, 0.5) is 5.95 Å². The summed E-state index contributed by atoms with van der Waals surface area (Å²) in [7, 11) is 0. The summed E-state index contributed by atoms with van der Waals surface area (Å²) in [5.41, 5.74) is 1.51. The van der Waals surface area contributed by atoms with Crippen LogP contribution in [0.5, 0.6) is 6.01 Å². The highest BCUT2D eigenvalue weighted by Crippen LogP contribution is 2.11. The molecule has 18 heavy (non-hydrogen) atoms. The van der Waals surface area contributed by atoms with Crippen LogP contribution in [0, 0.1) is 6.92 Å². The fraction of sp³-hybridized carbons (Fsp3) is 0.250. The molecule has 0 saturated heterocycles. The Morgan fingerprint density at radius 2 is 2.22 bits per heavy atom. The molecular formula is C12H14N4O2. The van der Waals surface area contributed by atoms with Crippen molar-refractivity contribution in [1.82, 2.24) is 15.2 Å². The molecule has 6 nitrogen and oxygen atoms in total. The molecule has 6 heteroatoms. The minimum Gasteiger partial charge on any atom is -0.463 e. The highest BCUT2D eigenvalue weighted by atomic mass is 16.5. The van der Waals surface area contributed by atoms with E-state index in [4.69, 9.17) is 4.74 Å². The lowest BCUT2D eigenvalue weighted by Crippen LogP contribution is -2.14. The number of amides is 1. The van der Waals surface area contributed by atoms with Crippen molar-refractivity contribution < 1.29 is 9.53 Å². The maximum Gasteiger partial charge on any atom is 0.337 e. The van der Waals surface area contributed by atoms with Crippen LogP contribution in [0.3, 0.4) is 0 Å². The third-order valence-corrected chi connectivity index (χ3v) is 2.36. The van der Waals surface area contributed by atoms with Gasteiger partial charge in [-0.1, -0.05) is 18.2 Å². The second-order valence-corrected chi connectivity index (χ2v) is 3.67. The van der Waals surface area contributed by atoms with E-state index in [0.29, 0.717) is 12.2 Å². The van der Waals surface area contributed by atoms with Gasteiger partial charge >= 0.3 is 6.01 Å². The quantitative estimate of drug-likeness (QED) is 0.861. The summed E-state index contributed by atoms with van der Waals surface area (Å²) in [4.78, 5) is 15.9. The Kier molecular flexibility index (Phi) is 3.57. The largest absolute Gasteiger partial charge is 0.463 e. The predicted octanol–water partition coefficient (Wildman–Crippen LogP) is 1.76. The van der Waals surface area contributed by atoms with E-state index in [1.165, 1.54) is 0 Å². The summed E-state index contributed by atoms with van der Waals surface area (Å²) < 4.78 is 5.09. The summed E-state index contributed by atoms with van der Waals surface area (Å²) >= 11 is 0. The number of aromatic nitrogens is 3. The predicted molar refractivity (Wildman–Crippen MR) is 66.7 cm³/mol. The summed E-state index contributed by atoms with van der Waals surface area (Å²) in [6.45, 7) is 4.19. The zero-order chi connectivity index (χ0) is 13.0. The molecule has 1 aromatic carbocycles. The van der Waals surface area contributed by atoms with Crippen LogP contribution in [-0.4, -0.2) is 27.7 Å². The minimum atomic E-state index is -0.229. The van der Waals surface area contributed by atoms with Crippen molar-refractivity contribution in [3.63, 3.8) is 0 Å². The van der Waals surface area contributed by atoms with E-state index in [1.54, 1.807) is 6.07 Å². The molecule has 0 aliphatic heterocycles. The maximum atomic E-state index is 12.0. The van der Waals surface area contributed by atoms with Crippen LogP contribution in [0.1, 0.15) is 22.8 Å². The molecule has 2 N–H and O–H groups in total. The number of aryl methyl sites for hydroxylation is 1. The molecular weight excluding hydrogens is 232 g/mol. The van der Waals surface area contributed by atoms with Crippen LogP contribution in [0.15, 0.2) is 24.3 Å². The lowest BCUT2D eigenvalue weighted by atomic mass is 10.1. The number of rotatable bonds is 4. The molecule has 0 aliphatic rings. The number of carbonyl (C=O) groups excluding carboxylic acids is 1. The minimum absolute atomic E-state index is 0.220. The van der Waals surface area contributed by atoms with Crippen LogP contribution in [0.25, 0.3) is 0 Å². The number of nitrogens with zero attached hydrogens (tertiary/aromatic N) is 2. The summed E-state index contributed by atoms with van der Waals surface area (Å²) in [6, 6.07) is 7.55. The maximum absolute atomic E-state index is 12.0. The lowest BCUT2D eigenvalue weighted by molar-refractivity contribution is 0.102. The zero-order valence-corrected chi connectivity index (χ0v) is 10.2. The number of aromatic amines is 1. The molecule has 1 heterocycles. The summed E-state index contributed by atoms with van der Waals surface area (Å²) in [5, 5.41) is 9.02. The number of benzene rings is 1. The Bertz CT molecular complexity index is 551. The van der Waals surface area contributed by atoms with Gasteiger partial charge in [0, 0.05) is 5.56 Å². The van der Waals surface area contributed by atoms with Crippen molar-refractivity contribution in [2.45, 2.75) is 13.8 Å². The molecule has 0 aliphatic carbocycles. The van der Waals surface area contributed by atoms with Crippen molar-refractivity contribution in [3.8, 4) is 6.01 Å². The third kappa shape index (κ3) is 2.65. The van der Waals surface area contributed by atoms with Crippen molar-refractivity contribution in [2.24, 2.45) is 0 Å². The van der Waals surface area contributed by atoms with Crippen LogP contribution >= 0.6 is 0 Å². The second kappa shape index (κ2) is 5.31. The first-order valence-electron chi connectivity index (χ1n) is 5.63. The van der Waals surface area contributed by atoms with Gasteiger partial charge in [-0.3, -0.25) is 10.1 Å². The van der Waals surface area contributed by atoms with Gasteiger partial charge in [0.15, 0.2) is 0 Å². The fourth-order valence-corrected chi connectivity index (χ4v) is 1.50. The van der Waals surface area contributed by atoms with Gasteiger partial charge in [0.1, 0.15) is 0 Å². The SMILES string of the molecule is CCOc1n[nH]c(NC(=O)c2ccccc2C)n1.